The molecule has 1 aromatic heterocycles. The Hall–Kier alpha value is -2.10. The molecule has 1 heterocycles. The van der Waals surface area contributed by atoms with Crippen LogP contribution < -0.4 is 5.73 Å². The van der Waals surface area contributed by atoms with Gasteiger partial charge in [-0.1, -0.05) is 6.07 Å². The molecule has 0 saturated heterocycles. The summed E-state index contributed by atoms with van der Waals surface area (Å²) in [6, 6.07) is 4.22. The van der Waals surface area contributed by atoms with Crippen LogP contribution in [0.25, 0.3) is 16.5 Å². The molecule has 0 aliphatic rings. The summed E-state index contributed by atoms with van der Waals surface area (Å²) >= 11 is 0. The molecule has 2 N–H and O–H groups in total. The molecule has 18 heavy (non-hydrogen) atoms. The lowest BCUT2D eigenvalue weighted by Gasteiger charge is -2.05. The number of aryl methyl sites for hydroxylation is 3. The topological polar surface area (TPSA) is 56.2 Å². The summed E-state index contributed by atoms with van der Waals surface area (Å²) in [4.78, 5) is 4.02. The molecule has 2 aromatic rings. The highest BCUT2D eigenvalue weighted by molar-refractivity contribution is 6.10. The summed E-state index contributed by atoms with van der Waals surface area (Å²) < 4.78 is 1.90. The first-order valence-electron chi connectivity index (χ1n) is 5.87. The van der Waals surface area contributed by atoms with E-state index in [4.69, 9.17) is 5.73 Å². The number of benzene rings is 1. The number of nitrogens with two attached hydrogens (primary N) is 1. The van der Waals surface area contributed by atoms with E-state index < -0.39 is 0 Å². The Kier molecular flexibility index (Phi) is 3.19. The van der Waals surface area contributed by atoms with Crippen LogP contribution in [-0.4, -0.2) is 23.0 Å². The fourth-order valence-electron chi connectivity index (χ4n) is 2.34. The second kappa shape index (κ2) is 4.64. The van der Waals surface area contributed by atoms with Gasteiger partial charge in [0.15, 0.2) is 0 Å². The number of aliphatic imine (C=N–C) groups is 1. The second-order valence-corrected chi connectivity index (χ2v) is 4.41. The lowest BCUT2D eigenvalue weighted by Crippen LogP contribution is -1.95. The number of nitrogens with zero attached hydrogens (tertiary/aromatic N) is 3. The molecular weight excluding hydrogens is 224 g/mol. The van der Waals surface area contributed by atoms with Crippen molar-refractivity contribution in [1.82, 2.24) is 9.78 Å². The fourth-order valence-corrected chi connectivity index (χ4v) is 2.34. The number of hydrogen-bond acceptors (Lipinski definition) is 3. The zero-order valence-corrected chi connectivity index (χ0v) is 11.2. The van der Waals surface area contributed by atoms with E-state index in [1.165, 1.54) is 10.9 Å². The van der Waals surface area contributed by atoms with Gasteiger partial charge < -0.3 is 5.73 Å². The van der Waals surface area contributed by atoms with E-state index in [0.717, 1.165) is 22.3 Å². The average Bonchev–Trinajstić information content (AvgIpc) is 2.62. The van der Waals surface area contributed by atoms with Crippen molar-refractivity contribution in [3.63, 3.8) is 0 Å². The van der Waals surface area contributed by atoms with E-state index >= 15 is 0 Å². The van der Waals surface area contributed by atoms with Crippen LogP contribution in [0.2, 0.25) is 0 Å². The summed E-state index contributed by atoms with van der Waals surface area (Å²) in [5.74, 6) is 0. The summed E-state index contributed by atoms with van der Waals surface area (Å²) in [7, 11) is 3.70. The molecule has 2 rings (SSSR count). The van der Waals surface area contributed by atoms with E-state index in [9.17, 15) is 0 Å². The maximum Gasteiger partial charge on any atom is 0.0690 e. The van der Waals surface area contributed by atoms with Crippen LogP contribution in [0.1, 0.15) is 16.8 Å². The first-order valence-corrected chi connectivity index (χ1v) is 5.87. The third-order valence-electron chi connectivity index (χ3n) is 3.11. The molecule has 0 spiro atoms. The molecule has 4 heteroatoms. The zero-order valence-electron chi connectivity index (χ0n) is 11.2. The predicted octanol–water partition coefficient (Wildman–Crippen LogP) is 2.19. The van der Waals surface area contributed by atoms with Crippen LogP contribution in [0, 0.1) is 13.8 Å². The minimum absolute atomic E-state index is 0.918. The standard InChI is InChI=1S/C14H18N4/c1-9-5-11(12(7-15)8-16-3)6-13-14(9)10(2)17-18(13)4/h5-8H,15H2,1-4H3/b12-7+,16-8?. The molecule has 0 amide bonds. The van der Waals surface area contributed by atoms with Gasteiger partial charge in [-0.05, 0) is 31.0 Å². The molecule has 0 fully saturated rings. The van der Waals surface area contributed by atoms with Gasteiger partial charge in [-0.25, -0.2) is 0 Å². The Balaban J connectivity index is 2.73. The number of rotatable bonds is 2. The first kappa shape index (κ1) is 12.4. The van der Waals surface area contributed by atoms with Crippen LogP contribution in [-0.2, 0) is 7.05 Å². The van der Waals surface area contributed by atoms with Gasteiger partial charge in [-0.15, -0.1) is 0 Å². The van der Waals surface area contributed by atoms with Crippen molar-refractivity contribution in [2.75, 3.05) is 7.05 Å². The Morgan fingerprint density at radius 1 is 1.39 bits per heavy atom. The van der Waals surface area contributed by atoms with E-state index in [2.05, 4.69) is 29.1 Å². The van der Waals surface area contributed by atoms with E-state index in [1.54, 1.807) is 19.5 Å². The monoisotopic (exact) mass is 242 g/mol. The molecule has 4 nitrogen and oxygen atoms in total. The summed E-state index contributed by atoms with van der Waals surface area (Å²) in [5.41, 5.74) is 11.0. The third-order valence-corrected chi connectivity index (χ3v) is 3.11. The van der Waals surface area contributed by atoms with Crippen LogP contribution in [0.3, 0.4) is 0 Å². The van der Waals surface area contributed by atoms with E-state index in [0.29, 0.717) is 0 Å². The number of fused-ring (bicyclic) bond motifs is 1. The van der Waals surface area contributed by atoms with Gasteiger partial charge in [-0.3, -0.25) is 9.67 Å². The summed E-state index contributed by atoms with van der Waals surface area (Å²) in [5, 5.41) is 5.67. The normalized spacial score (nSPS) is 12.8. The smallest absolute Gasteiger partial charge is 0.0690 e. The molecule has 0 unspecified atom stereocenters. The minimum atomic E-state index is 0.918. The molecule has 1 aromatic carbocycles. The highest BCUT2D eigenvalue weighted by Gasteiger charge is 2.10. The molecule has 0 aliphatic carbocycles. The van der Waals surface area contributed by atoms with Crippen LogP contribution in [0.15, 0.2) is 23.3 Å². The van der Waals surface area contributed by atoms with Gasteiger partial charge in [0.25, 0.3) is 0 Å². The lowest BCUT2D eigenvalue weighted by molar-refractivity contribution is 0.783. The molecule has 0 radical (unpaired) electrons. The van der Waals surface area contributed by atoms with Crippen molar-refractivity contribution in [3.8, 4) is 0 Å². The van der Waals surface area contributed by atoms with Crippen molar-refractivity contribution in [1.29, 1.82) is 0 Å². The summed E-state index contributed by atoms with van der Waals surface area (Å²) in [6.45, 7) is 4.12. The molecule has 0 aliphatic heterocycles. The minimum Gasteiger partial charge on any atom is -0.404 e. The quantitative estimate of drug-likeness (QED) is 0.821. The van der Waals surface area contributed by atoms with Gasteiger partial charge in [-0.2, -0.15) is 5.10 Å². The third kappa shape index (κ3) is 1.90. The highest BCUT2D eigenvalue weighted by Crippen LogP contribution is 2.26. The van der Waals surface area contributed by atoms with Gasteiger partial charge in [0, 0.05) is 37.5 Å². The van der Waals surface area contributed by atoms with Crippen molar-refractivity contribution >= 4 is 22.7 Å². The Morgan fingerprint density at radius 3 is 2.72 bits per heavy atom. The van der Waals surface area contributed by atoms with Crippen molar-refractivity contribution in [2.24, 2.45) is 17.8 Å². The van der Waals surface area contributed by atoms with E-state index in [-0.39, 0.29) is 0 Å². The first-order chi connectivity index (χ1) is 8.58. The van der Waals surface area contributed by atoms with Gasteiger partial charge >= 0.3 is 0 Å². The maximum atomic E-state index is 5.65. The fraction of sp³-hybridized carbons (Fsp3) is 0.286. The summed E-state index contributed by atoms with van der Waals surface area (Å²) in [6.07, 6.45) is 3.35. The van der Waals surface area contributed by atoms with Crippen molar-refractivity contribution in [3.05, 3.63) is 35.2 Å². The average molecular weight is 242 g/mol. The highest BCUT2D eigenvalue weighted by atomic mass is 15.3. The largest absolute Gasteiger partial charge is 0.404 e. The lowest BCUT2D eigenvalue weighted by atomic mass is 10.0. The molecule has 0 atom stereocenters. The molecule has 94 valence electrons. The predicted molar refractivity (Wildman–Crippen MR) is 76.8 cm³/mol. The SMILES string of the molecule is CN=C/C(=C\N)c1cc(C)c2c(C)nn(C)c2c1. The van der Waals surface area contributed by atoms with Gasteiger partial charge in [0.1, 0.15) is 0 Å². The molecular formula is C14H18N4. The van der Waals surface area contributed by atoms with Crippen molar-refractivity contribution < 1.29 is 0 Å². The van der Waals surface area contributed by atoms with Crippen molar-refractivity contribution in [2.45, 2.75) is 13.8 Å². The second-order valence-electron chi connectivity index (χ2n) is 4.41. The number of hydrogen-bond donors (Lipinski definition) is 1. The van der Waals surface area contributed by atoms with Crippen LogP contribution in [0.4, 0.5) is 0 Å². The zero-order chi connectivity index (χ0) is 13.3. The molecule has 0 bridgehead atoms. The number of aromatic nitrogens is 2. The van der Waals surface area contributed by atoms with Crippen LogP contribution in [0.5, 0.6) is 0 Å². The van der Waals surface area contributed by atoms with Crippen LogP contribution >= 0.6 is 0 Å². The van der Waals surface area contributed by atoms with Gasteiger partial charge in [0.2, 0.25) is 0 Å². The van der Waals surface area contributed by atoms with Gasteiger partial charge in [0.05, 0.1) is 11.2 Å². The Bertz CT molecular complexity index is 647. The van der Waals surface area contributed by atoms with E-state index in [1.807, 2.05) is 18.7 Å². The Morgan fingerprint density at radius 2 is 2.11 bits per heavy atom. The maximum absolute atomic E-state index is 5.65. The Labute approximate surface area is 107 Å². The number of allylic oxidation sites excluding steroid dienone is 1. The molecule has 0 saturated carbocycles.